The van der Waals surface area contributed by atoms with Crippen molar-refractivity contribution in [3.63, 3.8) is 0 Å². The van der Waals surface area contributed by atoms with E-state index in [4.69, 9.17) is 14.5 Å². The van der Waals surface area contributed by atoms with E-state index in [0.717, 1.165) is 75.3 Å². The fourth-order valence-electron chi connectivity index (χ4n) is 4.78. The highest BCUT2D eigenvalue weighted by atomic mass is 16.5. The maximum atomic E-state index is 6.13. The van der Waals surface area contributed by atoms with Gasteiger partial charge in [-0.15, -0.1) is 0 Å². The van der Waals surface area contributed by atoms with Gasteiger partial charge in [0.05, 0.1) is 24.6 Å². The third-order valence-corrected chi connectivity index (χ3v) is 6.52. The van der Waals surface area contributed by atoms with Gasteiger partial charge in [0.2, 0.25) is 0 Å². The molecule has 4 heterocycles. The summed E-state index contributed by atoms with van der Waals surface area (Å²) in [7, 11) is 0. The van der Waals surface area contributed by atoms with Crippen LogP contribution in [-0.4, -0.2) is 53.8 Å². The molecule has 164 valence electrons. The van der Waals surface area contributed by atoms with Crippen LogP contribution in [0.5, 0.6) is 5.75 Å². The number of aromatic nitrogens is 2. The van der Waals surface area contributed by atoms with Gasteiger partial charge in [-0.05, 0) is 53.4 Å². The zero-order chi connectivity index (χ0) is 21.3. The Bertz CT molecular complexity index is 1160. The number of ether oxygens (including phenoxy) is 2. The van der Waals surface area contributed by atoms with Crippen molar-refractivity contribution < 1.29 is 9.47 Å². The molecule has 0 bridgehead atoms. The van der Waals surface area contributed by atoms with Crippen LogP contribution in [0.3, 0.4) is 0 Å². The van der Waals surface area contributed by atoms with E-state index in [-0.39, 0.29) is 0 Å². The van der Waals surface area contributed by atoms with E-state index in [9.17, 15) is 0 Å². The first-order chi connectivity index (χ1) is 15.8. The van der Waals surface area contributed by atoms with Crippen molar-refractivity contribution in [2.75, 3.05) is 39.4 Å². The lowest BCUT2D eigenvalue weighted by Gasteiger charge is -2.25. The Kier molecular flexibility index (Phi) is 5.27. The second-order valence-corrected chi connectivity index (χ2v) is 8.64. The summed E-state index contributed by atoms with van der Waals surface area (Å²) < 4.78 is 13.8. The smallest absolute Gasteiger partial charge is 0.151 e. The number of hydrogen-bond donors (Lipinski definition) is 1. The third kappa shape index (κ3) is 3.86. The lowest BCUT2D eigenvalue weighted by Crippen LogP contribution is -2.35. The van der Waals surface area contributed by atoms with Gasteiger partial charge >= 0.3 is 0 Å². The minimum Gasteiger partial charge on any atom is -0.483 e. The highest BCUT2D eigenvalue weighted by molar-refractivity contribution is 5.75. The second-order valence-electron chi connectivity index (χ2n) is 8.64. The fourth-order valence-corrected chi connectivity index (χ4v) is 4.78. The third-order valence-electron chi connectivity index (χ3n) is 6.52. The summed E-state index contributed by atoms with van der Waals surface area (Å²) in [5, 5.41) is 3.39. The highest BCUT2D eigenvalue weighted by Crippen LogP contribution is 2.35. The second kappa shape index (κ2) is 8.54. The molecular weight excluding hydrogens is 400 g/mol. The molecular formula is C26H28N4O2. The van der Waals surface area contributed by atoms with Crippen LogP contribution in [0.1, 0.15) is 23.5 Å². The van der Waals surface area contributed by atoms with Crippen molar-refractivity contribution in [1.82, 2.24) is 19.8 Å². The first-order valence-electron chi connectivity index (χ1n) is 11.5. The van der Waals surface area contributed by atoms with Gasteiger partial charge in [-0.25, -0.2) is 4.98 Å². The minimum absolute atomic E-state index is 0.499. The number of imidazole rings is 1. The Balaban J connectivity index is 1.27. The molecule has 3 aromatic rings. The molecule has 3 aliphatic heterocycles. The summed E-state index contributed by atoms with van der Waals surface area (Å²) in [4.78, 5) is 7.23. The average Bonchev–Trinajstić information content (AvgIpc) is 3.28. The van der Waals surface area contributed by atoms with E-state index >= 15 is 0 Å². The maximum absolute atomic E-state index is 6.13. The molecule has 32 heavy (non-hydrogen) atoms. The Morgan fingerprint density at radius 3 is 2.75 bits per heavy atom. The van der Waals surface area contributed by atoms with E-state index in [0.29, 0.717) is 6.61 Å². The van der Waals surface area contributed by atoms with Crippen LogP contribution in [0.25, 0.3) is 22.4 Å². The Morgan fingerprint density at radius 1 is 1.00 bits per heavy atom. The number of morpholine rings is 1. The molecule has 2 aromatic carbocycles. The van der Waals surface area contributed by atoms with E-state index in [2.05, 4.69) is 69.5 Å². The zero-order valence-corrected chi connectivity index (χ0v) is 18.2. The SMILES string of the molecule is C1=C(c2cccc(-c3ccc4c(c3)OCc3nc(CN5CCOCC5)cn3-4)c2)CCNC1. The summed E-state index contributed by atoms with van der Waals surface area (Å²) in [5.74, 6) is 1.88. The monoisotopic (exact) mass is 428 g/mol. The van der Waals surface area contributed by atoms with Gasteiger partial charge in [-0.3, -0.25) is 9.47 Å². The topological polar surface area (TPSA) is 51.6 Å². The molecule has 6 heteroatoms. The van der Waals surface area contributed by atoms with Crippen LogP contribution in [-0.2, 0) is 17.9 Å². The molecule has 1 saturated heterocycles. The van der Waals surface area contributed by atoms with Crippen molar-refractivity contribution in [3.8, 4) is 22.6 Å². The molecule has 6 nitrogen and oxygen atoms in total. The minimum atomic E-state index is 0.499. The molecule has 0 atom stereocenters. The molecule has 0 aliphatic carbocycles. The first-order valence-corrected chi connectivity index (χ1v) is 11.5. The van der Waals surface area contributed by atoms with E-state index in [1.807, 2.05) is 0 Å². The molecule has 6 rings (SSSR count). The van der Waals surface area contributed by atoms with Gasteiger partial charge in [0.25, 0.3) is 0 Å². The van der Waals surface area contributed by atoms with Crippen molar-refractivity contribution in [2.45, 2.75) is 19.6 Å². The molecule has 0 radical (unpaired) electrons. The summed E-state index contributed by atoms with van der Waals surface area (Å²) in [6.07, 6.45) is 5.54. The fraction of sp³-hybridized carbons (Fsp3) is 0.346. The van der Waals surface area contributed by atoms with Crippen LogP contribution in [0.15, 0.2) is 54.7 Å². The summed E-state index contributed by atoms with van der Waals surface area (Å²) in [5.41, 5.74) is 7.29. The van der Waals surface area contributed by atoms with Gasteiger partial charge in [0, 0.05) is 32.4 Å². The summed E-state index contributed by atoms with van der Waals surface area (Å²) >= 11 is 0. The molecule has 0 saturated carbocycles. The van der Waals surface area contributed by atoms with Gasteiger partial charge in [0.1, 0.15) is 12.4 Å². The number of nitrogens with one attached hydrogen (secondary N) is 1. The van der Waals surface area contributed by atoms with Crippen LogP contribution in [0, 0.1) is 0 Å². The number of rotatable bonds is 4. The summed E-state index contributed by atoms with van der Waals surface area (Å²) in [6, 6.07) is 15.3. The lowest BCUT2D eigenvalue weighted by molar-refractivity contribution is 0.0337. The Hall–Kier alpha value is -2.93. The predicted octanol–water partition coefficient (Wildman–Crippen LogP) is 3.64. The van der Waals surface area contributed by atoms with Gasteiger partial charge in [-0.1, -0.05) is 30.3 Å². The van der Waals surface area contributed by atoms with Crippen LogP contribution in [0.4, 0.5) is 0 Å². The highest BCUT2D eigenvalue weighted by Gasteiger charge is 2.21. The van der Waals surface area contributed by atoms with Crippen molar-refractivity contribution in [3.05, 3.63) is 71.8 Å². The van der Waals surface area contributed by atoms with E-state index < -0.39 is 0 Å². The Morgan fingerprint density at radius 2 is 1.88 bits per heavy atom. The quantitative estimate of drug-likeness (QED) is 0.688. The molecule has 1 N–H and O–H groups in total. The molecule has 3 aliphatic rings. The predicted molar refractivity (Wildman–Crippen MR) is 125 cm³/mol. The number of hydrogen-bond acceptors (Lipinski definition) is 5. The zero-order valence-electron chi connectivity index (χ0n) is 18.2. The Labute approximate surface area is 188 Å². The molecule has 0 unspecified atom stereocenters. The number of benzene rings is 2. The van der Waals surface area contributed by atoms with Crippen LogP contribution < -0.4 is 10.1 Å². The lowest BCUT2D eigenvalue weighted by atomic mass is 9.96. The molecule has 1 fully saturated rings. The van der Waals surface area contributed by atoms with Crippen LogP contribution in [0.2, 0.25) is 0 Å². The largest absolute Gasteiger partial charge is 0.483 e. The number of nitrogens with zero attached hydrogens (tertiary/aromatic N) is 3. The van der Waals surface area contributed by atoms with E-state index in [1.54, 1.807) is 0 Å². The number of fused-ring (bicyclic) bond motifs is 3. The maximum Gasteiger partial charge on any atom is 0.151 e. The molecule has 0 amide bonds. The van der Waals surface area contributed by atoms with Crippen molar-refractivity contribution >= 4 is 5.57 Å². The molecule has 1 aromatic heterocycles. The van der Waals surface area contributed by atoms with Gasteiger partial charge in [0.15, 0.2) is 5.82 Å². The van der Waals surface area contributed by atoms with Gasteiger partial charge < -0.3 is 14.8 Å². The van der Waals surface area contributed by atoms with Crippen molar-refractivity contribution in [2.24, 2.45) is 0 Å². The van der Waals surface area contributed by atoms with Gasteiger partial charge in [-0.2, -0.15) is 0 Å². The molecule has 0 spiro atoms. The first kappa shape index (κ1) is 19.7. The summed E-state index contributed by atoms with van der Waals surface area (Å²) in [6.45, 7) is 6.89. The standard InChI is InChI=1S/C26H28N4O2/c1-2-20(19-6-8-27-9-7-19)14-21(3-1)22-4-5-24-25(15-22)32-18-26-28-23(17-30(24)26)16-29-10-12-31-13-11-29/h1-6,14-15,17,27H,7-13,16,18H2. The average molecular weight is 429 g/mol. The van der Waals surface area contributed by atoms with Crippen LogP contribution >= 0.6 is 0 Å². The van der Waals surface area contributed by atoms with Crippen molar-refractivity contribution in [1.29, 1.82) is 0 Å². The van der Waals surface area contributed by atoms with E-state index in [1.165, 1.54) is 22.3 Å². The normalized spacial score (nSPS) is 18.4.